The molecule has 1 aromatic heterocycles. The summed E-state index contributed by atoms with van der Waals surface area (Å²) in [5, 5.41) is 6.76. The van der Waals surface area contributed by atoms with Gasteiger partial charge in [-0.1, -0.05) is 13.8 Å². The van der Waals surface area contributed by atoms with Gasteiger partial charge in [-0.3, -0.25) is 4.90 Å². The highest BCUT2D eigenvalue weighted by Gasteiger charge is 2.23. The third-order valence-electron chi connectivity index (χ3n) is 3.77. The van der Waals surface area contributed by atoms with Crippen LogP contribution < -0.4 is 5.32 Å². The van der Waals surface area contributed by atoms with Gasteiger partial charge in [0.05, 0.1) is 5.69 Å². The lowest BCUT2D eigenvalue weighted by Gasteiger charge is -2.36. The van der Waals surface area contributed by atoms with E-state index in [0.717, 1.165) is 25.6 Å². The molecule has 1 saturated heterocycles. The third kappa shape index (κ3) is 3.77. The lowest BCUT2D eigenvalue weighted by molar-refractivity contribution is 0.121. The van der Waals surface area contributed by atoms with Crippen molar-refractivity contribution in [1.82, 2.24) is 15.2 Å². The van der Waals surface area contributed by atoms with E-state index in [2.05, 4.69) is 36.4 Å². The van der Waals surface area contributed by atoms with Gasteiger partial charge in [-0.2, -0.15) is 0 Å². The second kappa shape index (κ2) is 6.64. The first kappa shape index (κ1) is 14.0. The van der Waals surface area contributed by atoms with Crippen LogP contribution in [-0.2, 0) is 13.1 Å². The van der Waals surface area contributed by atoms with Gasteiger partial charge in [-0.25, -0.2) is 4.98 Å². The maximum atomic E-state index is 4.71. The molecule has 102 valence electrons. The van der Waals surface area contributed by atoms with E-state index in [0.29, 0.717) is 6.04 Å². The highest BCUT2D eigenvalue weighted by atomic mass is 32.1. The first-order chi connectivity index (χ1) is 8.69. The van der Waals surface area contributed by atoms with Gasteiger partial charge in [0.1, 0.15) is 5.01 Å². The zero-order valence-corrected chi connectivity index (χ0v) is 12.6. The molecule has 4 heteroatoms. The lowest BCUT2D eigenvalue weighted by atomic mass is 9.93. The first-order valence-electron chi connectivity index (χ1n) is 7.07. The second-order valence-corrected chi connectivity index (χ2v) is 6.40. The number of aromatic nitrogens is 1. The number of nitrogens with one attached hydrogen (secondary N) is 1. The van der Waals surface area contributed by atoms with Crippen molar-refractivity contribution in [1.29, 1.82) is 0 Å². The summed E-state index contributed by atoms with van der Waals surface area (Å²) >= 11 is 1.78. The summed E-state index contributed by atoms with van der Waals surface area (Å²) in [6.07, 6.45) is 2.66. The van der Waals surface area contributed by atoms with Crippen LogP contribution in [0.25, 0.3) is 0 Å². The predicted molar refractivity (Wildman–Crippen MR) is 77.8 cm³/mol. The van der Waals surface area contributed by atoms with E-state index in [1.54, 1.807) is 11.3 Å². The molecule has 0 bridgehead atoms. The van der Waals surface area contributed by atoms with E-state index < -0.39 is 0 Å². The molecule has 18 heavy (non-hydrogen) atoms. The van der Waals surface area contributed by atoms with Crippen molar-refractivity contribution in [3.63, 3.8) is 0 Å². The van der Waals surface area contributed by atoms with Gasteiger partial charge in [0.2, 0.25) is 0 Å². The quantitative estimate of drug-likeness (QED) is 0.889. The molecule has 1 aliphatic heterocycles. The average molecular weight is 267 g/mol. The van der Waals surface area contributed by atoms with Gasteiger partial charge in [-0.05, 0) is 38.8 Å². The van der Waals surface area contributed by atoms with Gasteiger partial charge in [-0.15, -0.1) is 11.3 Å². The largest absolute Gasteiger partial charge is 0.311 e. The molecular weight excluding hydrogens is 242 g/mol. The van der Waals surface area contributed by atoms with E-state index in [-0.39, 0.29) is 0 Å². The summed E-state index contributed by atoms with van der Waals surface area (Å²) < 4.78 is 0. The van der Waals surface area contributed by atoms with Gasteiger partial charge in [0.25, 0.3) is 0 Å². The first-order valence-corrected chi connectivity index (χ1v) is 7.95. The van der Waals surface area contributed by atoms with E-state index in [1.807, 2.05) is 0 Å². The molecule has 0 amide bonds. The molecule has 2 rings (SSSR count). The lowest BCUT2D eigenvalue weighted by Crippen LogP contribution is -2.39. The van der Waals surface area contributed by atoms with Crippen molar-refractivity contribution < 1.29 is 0 Å². The Kier molecular flexibility index (Phi) is 5.15. The molecule has 0 spiro atoms. The smallest absolute Gasteiger partial charge is 0.107 e. The summed E-state index contributed by atoms with van der Waals surface area (Å²) in [4.78, 5) is 7.29. The number of rotatable bonds is 5. The zero-order chi connectivity index (χ0) is 13.0. The third-order valence-corrected chi connectivity index (χ3v) is 4.66. The molecule has 0 radical (unpaired) electrons. The highest BCUT2D eigenvalue weighted by molar-refractivity contribution is 7.09. The van der Waals surface area contributed by atoms with Crippen LogP contribution in [0.2, 0.25) is 0 Å². The van der Waals surface area contributed by atoms with Crippen LogP contribution >= 0.6 is 11.3 Å². The van der Waals surface area contributed by atoms with Crippen LogP contribution in [0.1, 0.15) is 44.3 Å². The Labute approximate surface area is 115 Å². The Morgan fingerprint density at radius 1 is 1.50 bits per heavy atom. The Hall–Kier alpha value is -0.450. The molecule has 2 unspecified atom stereocenters. The van der Waals surface area contributed by atoms with Gasteiger partial charge < -0.3 is 5.32 Å². The molecule has 0 aliphatic carbocycles. The fourth-order valence-electron chi connectivity index (χ4n) is 2.63. The summed E-state index contributed by atoms with van der Waals surface area (Å²) in [6, 6.07) is 0.702. The number of nitrogens with zero attached hydrogens (tertiary/aromatic N) is 2. The number of thiazole rings is 1. The molecule has 1 fully saturated rings. The molecule has 3 nitrogen and oxygen atoms in total. The van der Waals surface area contributed by atoms with Crippen molar-refractivity contribution in [2.75, 3.05) is 13.1 Å². The van der Waals surface area contributed by atoms with Gasteiger partial charge >= 0.3 is 0 Å². The molecule has 0 aromatic carbocycles. The van der Waals surface area contributed by atoms with E-state index >= 15 is 0 Å². The number of piperidine rings is 1. The van der Waals surface area contributed by atoms with E-state index in [9.17, 15) is 0 Å². The van der Waals surface area contributed by atoms with Crippen LogP contribution in [0.15, 0.2) is 5.38 Å². The zero-order valence-electron chi connectivity index (χ0n) is 11.8. The molecule has 2 heterocycles. The second-order valence-electron chi connectivity index (χ2n) is 5.46. The Bertz CT molecular complexity index is 364. The Balaban J connectivity index is 1.87. The van der Waals surface area contributed by atoms with E-state index in [4.69, 9.17) is 4.98 Å². The molecule has 2 atom stereocenters. The standard InChI is InChI=1S/C14H25N3S/c1-4-15-8-14-16-13(10-18-14)9-17-6-5-11(2)7-12(17)3/h10-12,15H,4-9H2,1-3H3. The van der Waals surface area contributed by atoms with Crippen molar-refractivity contribution in [3.05, 3.63) is 16.1 Å². The van der Waals surface area contributed by atoms with Gasteiger partial charge in [0, 0.05) is 24.5 Å². The fourth-order valence-corrected chi connectivity index (χ4v) is 3.39. The van der Waals surface area contributed by atoms with Crippen LogP contribution in [0, 0.1) is 5.92 Å². The van der Waals surface area contributed by atoms with Crippen LogP contribution in [-0.4, -0.2) is 29.0 Å². The number of hydrogen-bond acceptors (Lipinski definition) is 4. The Morgan fingerprint density at radius 3 is 3.06 bits per heavy atom. The van der Waals surface area contributed by atoms with Crippen LogP contribution in [0.3, 0.4) is 0 Å². The molecule has 0 saturated carbocycles. The maximum Gasteiger partial charge on any atom is 0.107 e. The summed E-state index contributed by atoms with van der Waals surface area (Å²) in [7, 11) is 0. The normalized spacial score (nSPS) is 25.5. The van der Waals surface area contributed by atoms with Crippen molar-refractivity contribution in [2.45, 2.75) is 52.7 Å². The van der Waals surface area contributed by atoms with Crippen molar-refractivity contribution >= 4 is 11.3 Å². The topological polar surface area (TPSA) is 28.2 Å². The van der Waals surface area contributed by atoms with Crippen molar-refractivity contribution in [2.24, 2.45) is 5.92 Å². The Morgan fingerprint density at radius 2 is 2.33 bits per heavy atom. The predicted octanol–water partition coefficient (Wildman–Crippen LogP) is 2.87. The SMILES string of the molecule is CCNCc1nc(CN2CCC(C)CC2C)cs1. The average Bonchev–Trinajstić information content (AvgIpc) is 2.78. The highest BCUT2D eigenvalue weighted by Crippen LogP contribution is 2.24. The minimum absolute atomic E-state index is 0.702. The monoisotopic (exact) mass is 267 g/mol. The fraction of sp³-hybridized carbons (Fsp3) is 0.786. The number of hydrogen-bond donors (Lipinski definition) is 1. The molecule has 1 aliphatic rings. The minimum Gasteiger partial charge on any atom is -0.311 e. The van der Waals surface area contributed by atoms with Gasteiger partial charge in [0.15, 0.2) is 0 Å². The molecule has 1 aromatic rings. The summed E-state index contributed by atoms with van der Waals surface area (Å²) in [5.41, 5.74) is 1.24. The minimum atomic E-state index is 0.702. The van der Waals surface area contributed by atoms with Crippen LogP contribution in [0.5, 0.6) is 0 Å². The van der Waals surface area contributed by atoms with E-state index in [1.165, 1.54) is 30.1 Å². The van der Waals surface area contributed by atoms with Crippen LogP contribution in [0.4, 0.5) is 0 Å². The maximum absolute atomic E-state index is 4.71. The number of likely N-dealkylation sites (tertiary alicyclic amines) is 1. The molecular formula is C14H25N3S. The molecule has 1 N–H and O–H groups in total. The summed E-state index contributed by atoms with van der Waals surface area (Å²) in [5.74, 6) is 0.885. The summed E-state index contributed by atoms with van der Waals surface area (Å²) in [6.45, 7) is 11.0. The van der Waals surface area contributed by atoms with Crippen molar-refractivity contribution in [3.8, 4) is 0 Å².